The summed E-state index contributed by atoms with van der Waals surface area (Å²) < 4.78 is 16.1. The number of benzene rings is 2. The van der Waals surface area contributed by atoms with E-state index in [1.54, 1.807) is 49.2 Å². The monoisotopic (exact) mass is 505 g/mol. The summed E-state index contributed by atoms with van der Waals surface area (Å²) in [4.78, 5) is 53.5. The van der Waals surface area contributed by atoms with E-state index in [0.29, 0.717) is 29.8 Å². The van der Waals surface area contributed by atoms with Crippen LogP contribution in [0.15, 0.2) is 47.3 Å². The van der Waals surface area contributed by atoms with Crippen molar-refractivity contribution in [3.8, 4) is 0 Å². The molecule has 3 amide bonds. The summed E-state index contributed by atoms with van der Waals surface area (Å²) >= 11 is 0. The van der Waals surface area contributed by atoms with Crippen LogP contribution < -0.4 is 21.1 Å². The second kappa shape index (κ2) is 10.3. The quantitative estimate of drug-likeness (QED) is 0.428. The van der Waals surface area contributed by atoms with E-state index in [0.717, 1.165) is 12.8 Å². The van der Waals surface area contributed by atoms with Crippen molar-refractivity contribution >= 4 is 47.3 Å². The van der Waals surface area contributed by atoms with Crippen molar-refractivity contribution in [2.75, 3.05) is 22.6 Å². The highest BCUT2D eigenvalue weighted by atomic mass is 19.1. The van der Waals surface area contributed by atoms with Gasteiger partial charge in [-0.05, 0) is 62.6 Å². The van der Waals surface area contributed by atoms with Crippen molar-refractivity contribution in [3.63, 3.8) is 0 Å². The molecular formula is C27H28FN5O4. The fourth-order valence-corrected chi connectivity index (χ4v) is 4.28. The van der Waals surface area contributed by atoms with Gasteiger partial charge in [0.15, 0.2) is 0 Å². The molecule has 37 heavy (non-hydrogen) atoms. The summed E-state index contributed by atoms with van der Waals surface area (Å²) in [6.07, 6.45) is 2.69. The van der Waals surface area contributed by atoms with Crippen molar-refractivity contribution in [2.45, 2.75) is 32.7 Å². The van der Waals surface area contributed by atoms with E-state index in [-0.39, 0.29) is 34.4 Å². The van der Waals surface area contributed by atoms with Crippen LogP contribution in [0, 0.1) is 19.7 Å². The molecule has 1 fully saturated rings. The van der Waals surface area contributed by atoms with Crippen LogP contribution >= 0.6 is 0 Å². The Bertz CT molecular complexity index is 1450. The van der Waals surface area contributed by atoms with Crippen LogP contribution in [0.25, 0.3) is 0 Å². The molecule has 0 spiro atoms. The summed E-state index contributed by atoms with van der Waals surface area (Å²) in [6.45, 7) is 3.29. The van der Waals surface area contributed by atoms with Crippen LogP contribution in [-0.2, 0) is 16.6 Å². The number of amides is 3. The number of hydrogen-bond acceptors (Lipinski definition) is 5. The molecule has 1 aliphatic rings. The highest BCUT2D eigenvalue weighted by Gasteiger charge is 2.35. The molecule has 1 saturated carbocycles. The van der Waals surface area contributed by atoms with Crippen molar-refractivity contribution in [3.05, 3.63) is 75.3 Å². The van der Waals surface area contributed by atoms with E-state index >= 15 is 0 Å². The molecule has 1 aliphatic carbocycles. The molecule has 0 aliphatic heterocycles. The number of nitrogens with zero attached hydrogens (tertiary/aromatic N) is 3. The smallest absolute Gasteiger partial charge is 0.259 e. The third kappa shape index (κ3) is 4.95. The van der Waals surface area contributed by atoms with E-state index < -0.39 is 17.3 Å². The third-order valence-electron chi connectivity index (χ3n) is 6.49. The van der Waals surface area contributed by atoms with Gasteiger partial charge in [0, 0.05) is 31.4 Å². The van der Waals surface area contributed by atoms with E-state index in [2.05, 4.69) is 10.6 Å². The average Bonchev–Trinajstić information content (AvgIpc) is 3.72. The van der Waals surface area contributed by atoms with Crippen LogP contribution in [0.3, 0.4) is 0 Å². The van der Waals surface area contributed by atoms with Gasteiger partial charge < -0.3 is 15.5 Å². The number of halogens is 1. The Hall–Kier alpha value is -4.47. The van der Waals surface area contributed by atoms with Crippen molar-refractivity contribution in [1.82, 2.24) is 9.47 Å². The van der Waals surface area contributed by atoms with E-state index in [4.69, 9.17) is 0 Å². The number of pyridine rings is 1. The fraction of sp³-hybridized carbons (Fsp3) is 0.259. The van der Waals surface area contributed by atoms with E-state index in [1.807, 2.05) is 0 Å². The number of aromatic nitrogens is 1. The number of rotatable bonds is 9. The molecule has 10 heteroatoms. The SMILES string of the molecule is Cc1ccc(Nc2c(C(=O)N(C)C3CC3)c(N(C=O)c3cccc(NC=O)c3)c(C)c(=O)n2C)c(F)c1. The summed E-state index contributed by atoms with van der Waals surface area (Å²) in [5.74, 6) is -0.913. The summed E-state index contributed by atoms with van der Waals surface area (Å²) in [7, 11) is 3.15. The Morgan fingerprint density at radius 2 is 1.86 bits per heavy atom. The molecule has 192 valence electrons. The maximum Gasteiger partial charge on any atom is 0.259 e. The van der Waals surface area contributed by atoms with Crippen molar-refractivity contribution in [2.24, 2.45) is 7.05 Å². The number of carbonyl (C=O) groups is 3. The summed E-state index contributed by atoms with van der Waals surface area (Å²) in [6, 6.07) is 11.0. The molecule has 0 bridgehead atoms. The Labute approximate surface area is 213 Å². The first kappa shape index (κ1) is 25.6. The first-order chi connectivity index (χ1) is 17.7. The van der Waals surface area contributed by atoms with Crippen LogP contribution in [0.4, 0.5) is 33.0 Å². The van der Waals surface area contributed by atoms with Gasteiger partial charge >= 0.3 is 0 Å². The van der Waals surface area contributed by atoms with Crippen LogP contribution in [0.2, 0.25) is 0 Å². The summed E-state index contributed by atoms with van der Waals surface area (Å²) in [5, 5.41) is 5.47. The zero-order valence-electron chi connectivity index (χ0n) is 21.0. The first-order valence-corrected chi connectivity index (χ1v) is 11.8. The van der Waals surface area contributed by atoms with Gasteiger partial charge in [0.1, 0.15) is 17.2 Å². The molecule has 0 unspecified atom stereocenters. The number of anilines is 5. The Morgan fingerprint density at radius 1 is 1.14 bits per heavy atom. The van der Waals surface area contributed by atoms with E-state index in [1.165, 1.54) is 35.6 Å². The van der Waals surface area contributed by atoms with E-state index in [9.17, 15) is 23.6 Å². The van der Waals surface area contributed by atoms with Gasteiger partial charge in [0.05, 0.1) is 17.1 Å². The van der Waals surface area contributed by atoms with Gasteiger partial charge in [0.25, 0.3) is 11.5 Å². The Kier molecular flexibility index (Phi) is 7.10. The Morgan fingerprint density at radius 3 is 2.49 bits per heavy atom. The number of nitrogens with one attached hydrogen (secondary N) is 2. The highest BCUT2D eigenvalue weighted by Crippen LogP contribution is 2.38. The highest BCUT2D eigenvalue weighted by molar-refractivity contribution is 6.09. The lowest BCUT2D eigenvalue weighted by molar-refractivity contribution is -0.107. The first-order valence-electron chi connectivity index (χ1n) is 11.8. The molecule has 9 nitrogen and oxygen atoms in total. The molecule has 1 aromatic heterocycles. The van der Waals surface area contributed by atoms with Gasteiger partial charge in [-0.2, -0.15) is 0 Å². The summed E-state index contributed by atoms with van der Waals surface area (Å²) in [5.41, 5.74) is 1.35. The van der Waals surface area contributed by atoms with Gasteiger partial charge in [-0.1, -0.05) is 12.1 Å². The number of hydrogen-bond donors (Lipinski definition) is 2. The zero-order chi connectivity index (χ0) is 26.9. The predicted molar refractivity (Wildman–Crippen MR) is 140 cm³/mol. The average molecular weight is 506 g/mol. The molecule has 3 aromatic rings. The van der Waals surface area contributed by atoms with Crippen LogP contribution in [-0.4, -0.2) is 41.3 Å². The minimum Gasteiger partial charge on any atom is -0.339 e. The van der Waals surface area contributed by atoms with Crippen molar-refractivity contribution in [1.29, 1.82) is 0 Å². The zero-order valence-corrected chi connectivity index (χ0v) is 21.0. The normalized spacial score (nSPS) is 12.6. The minimum atomic E-state index is -0.552. The molecule has 1 heterocycles. The van der Waals surface area contributed by atoms with Gasteiger partial charge in [-0.15, -0.1) is 0 Å². The number of aryl methyl sites for hydroxylation is 1. The second-order valence-corrected chi connectivity index (χ2v) is 9.10. The minimum absolute atomic E-state index is 0.0339. The van der Waals surface area contributed by atoms with Gasteiger partial charge in [-0.3, -0.25) is 28.6 Å². The lowest BCUT2D eigenvalue weighted by Gasteiger charge is -2.28. The molecule has 0 saturated heterocycles. The standard InChI is InChI=1S/C27H28FN5O4/c1-16-8-11-22(21(28)12-16)30-25-23(27(37)31(3)19-9-10-19)24(17(2)26(36)32(25)4)33(15-35)20-7-5-6-18(13-20)29-14-34/h5-8,11-15,19,30H,9-10H2,1-4H3,(H,29,34). The fourth-order valence-electron chi connectivity index (χ4n) is 4.28. The molecule has 2 aromatic carbocycles. The molecular weight excluding hydrogens is 477 g/mol. The molecule has 4 rings (SSSR count). The third-order valence-corrected chi connectivity index (χ3v) is 6.49. The number of carbonyl (C=O) groups excluding carboxylic acids is 3. The maximum atomic E-state index is 14.8. The van der Waals surface area contributed by atoms with Crippen LogP contribution in [0.5, 0.6) is 0 Å². The molecule has 0 atom stereocenters. The molecule has 2 N–H and O–H groups in total. The lowest BCUT2D eigenvalue weighted by atomic mass is 10.1. The van der Waals surface area contributed by atoms with Crippen LogP contribution in [0.1, 0.15) is 34.3 Å². The second-order valence-electron chi connectivity index (χ2n) is 9.10. The van der Waals surface area contributed by atoms with Gasteiger partial charge in [0.2, 0.25) is 12.8 Å². The lowest BCUT2D eigenvalue weighted by Crippen LogP contribution is -2.35. The van der Waals surface area contributed by atoms with Gasteiger partial charge in [-0.25, -0.2) is 4.39 Å². The topological polar surface area (TPSA) is 104 Å². The molecule has 0 radical (unpaired) electrons. The maximum absolute atomic E-state index is 14.8. The largest absolute Gasteiger partial charge is 0.339 e. The predicted octanol–water partition coefficient (Wildman–Crippen LogP) is 3.98. The van der Waals surface area contributed by atoms with Crippen molar-refractivity contribution < 1.29 is 18.8 Å². The Balaban J connectivity index is 1.99.